The van der Waals surface area contributed by atoms with Crippen molar-refractivity contribution in [3.63, 3.8) is 0 Å². The second-order valence-corrected chi connectivity index (χ2v) is 5.99. The van der Waals surface area contributed by atoms with E-state index in [0.717, 1.165) is 4.47 Å². The predicted octanol–water partition coefficient (Wildman–Crippen LogP) is 3.21. The zero-order valence-corrected chi connectivity index (χ0v) is 15.0. The highest BCUT2D eigenvalue weighted by molar-refractivity contribution is 9.10. The van der Waals surface area contributed by atoms with Crippen LogP contribution in [0.5, 0.6) is 5.75 Å². The Bertz CT molecular complexity index is 760. The third kappa shape index (κ3) is 5.72. The molecule has 0 saturated carbocycles. The Morgan fingerprint density at radius 3 is 2.52 bits per heavy atom. The van der Waals surface area contributed by atoms with E-state index in [1.807, 2.05) is 0 Å². The molecular formula is C18H16BrNO5. The van der Waals surface area contributed by atoms with E-state index in [4.69, 9.17) is 9.47 Å². The highest BCUT2D eigenvalue weighted by Gasteiger charge is 2.18. The first-order valence-corrected chi connectivity index (χ1v) is 8.22. The fourth-order valence-corrected chi connectivity index (χ4v) is 2.17. The van der Waals surface area contributed by atoms with E-state index in [9.17, 15) is 14.4 Å². The van der Waals surface area contributed by atoms with E-state index in [0.29, 0.717) is 17.5 Å². The van der Waals surface area contributed by atoms with Gasteiger partial charge in [-0.3, -0.25) is 9.59 Å². The van der Waals surface area contributed by atoms with Crippen molar-refractivity contribution in [2.24, 2.45) is 0 Å². The topological polar surface area (TPSA) is 81.7 Å². The van der Waals surface area contributed by atoms with E-state index < -0.39 is 24.6 Å². The van der Waals surface area contributed by atoms with Crippen LogP contribution >= 0.6 is 15.9 Å². The average Bonchev–Trinajstić information content (AvgIpc) is 2.62. The molecule has 6 nitrogen and oxygen atoms in total. The lowest BCUT2D eigenvalue weighted by Gasteiger charge is -2.14. The summed E-state index contributed by atoms with van der Waals surface area (Å²) in [6.07, 6.45) is -0.351. The number of anilines is 1. The maximum atomic E-state index is 12.0. The maximum absolute atomic E-state index is 12.0. The van der Waals surface area contributed by atoms with Gasteiger partial charge in [-0.25, -0.2) is 4.79 Å². The molecule has 7 heteroatoms. The van der Waals surface area contributed by atoms with Gasteiger partial charge in [-0.15, -0.1) is 0 Å². The minimum atomic E-state index is -0.985. The molecule has 2 rings (SSSR count). The molecule has 1 N–H and O–H groups in total. The molecule has 0 aliphatic rings. The van der Waals surface area contributed by atoms with E-state index in [-0.39, 0.29) is 5.75 Å². The maximum Gasteiger partial charge on any atom is 0.344 e. The van der Waals surface area contributed by atoms with Crippen LogP contribution in [-0.4, -0.2) is 30.9 Å². The number of carbonyl (C=O) groups excluding carboxylic acids is 3. The fraction of sp³-hybridized carbons (Fsp3) is 0.167. The van der Waals surface area contributed by atoms with Gasteiger partial charge in [-0.05, 0) is 43.3 Å². The zero-order valence-electron chi connectivity index (χ0n) is 13.4. The lowest BCUT2D eigenvalue weighted by Crippen LogP contribution is -2.31. The van der Waals surface area contributed by atoms with Crippen molar-refractivity contribution >= 4 is 39.8 Å². The molecule has 25 heavy (non-hydrogen) atoms. The van der Waals surface area contributed by atoms with Gasteiger partial charge in [-0.1, -0.05) is 28.1 Å². The lowest BCUT2D eigenvalue weighted by atomic mass is 10.2. The van der Waals surface area contributed by atoms with Crippen molar-refractivity contribution < 1.29 is 23.9 Å². The minimum absolute atomic E-state index is 0.279. The Labute approximate surface area is 153 Å². The average molecular weight is 406 g/mol. The molecule has 0 heterocycles. The Hall–Kier alpha value is -2.67. The number of amides is 1. The van der Waals surface area contributed by atoms with Gasteiger partial charge in [0.1, 0.15) is 5.75 Å². The van der Waals surface area contributed by atoms with Crippen LogP contribution in [0.4, 0.5) is 5.69 Å². The first-order chi connectivity index (χ1) is 12.0. The Morgan fingerprint density at radius 1 is 1.16 bits per heavy atom. The molecular weight excluding hydrogens is 390 g/mol. The summed E-state index contributed by atoms with van der Waals surface area (Å²) in [7, 11) is 0. The van der Waals surface area contributed by atoms with Crippen LogP contribution < -0.4 is 10.1 Å². The summed E-state index contributed by atoms with van der Waals surface area (Å²) in [4.78, 5) is 34.7. The molecule has 130 valence electrons. The Morgan fingerprint density at radius 2 is 1.84 bits per heavy atom. The van der Waals surface area contributed by atoms with E-state index in [2.05, 4.69) is 21.2 Å². The SMILES string of the molecule is C[C@@H](OC(=O)COc1ccccc1C=O)C(=O)Nc1ccc(Br)cc1. The molecule has 0 unspecified atom stereocenters. The van der Waals surface area contributed by atoms with Crippen molar-refractivity contribution in [3.8, 4) is 5.75 Å². The van der Waals surface area contributed by atoms with Crippen molar-refractivity contribution in [2.45, 2.75) is 13.0 Å². The first kappa shape index (κ1) is 18.7. The zero-order chi connectivity index (χ0) is 18.2. The number of ether oxygens (including phenoxy) is 2. The second kappa shape index (κ2) is 8.98. The number of hydrogen-bond acceptors (Lipinski definition) is 5. The van der Waals surface area contributed by atoms with E-state index in [1.54, 1.807) is 48.5 Å². The molecule has 1 atom stereocenters. The third-order valence-corrected chi connectivity index (χ3v) is 3.71. The molecule has 2 aromatic carbocycles. The normalized spacial score (nSPS) is 11.3. The van der Waals surface area contributed by atoms with Crippen LogP contribution in [0.1, 0.15) is 17.3 Å². The molecule has 0 aliphatic heterocycles. The van der Waals surface area contributed by atoms with Gasteiger partial charge >= 0.3 is 5.97 Å². The molecule has 0 aliphatic carbocycles. The van der Waals surface area contributed by atoms with Crippen LogP contribution in [0, 0.1) is 0 Å². The van der Waals surface area contributed by atoms with Crippen LogP contribution in [0.15, 0.2) is 53.0 Å². The molecule has 0 aromatic heterocycles. The predicted molar refractivity (Wildman–Crippen MR) is 95.7 cm³/mol. The number of benzene rings is 2. The number of para-hydroxylation sites is 1. The van der Waals surface area contributed by atoms with Crippen molar-refractivity contribution in [3.05, 3.63) is 58.6 Å². The molecule has 1 amide bonds. The first-order valence-electron chi connectivity index (χ1n) is 7.42. The highest BCUT2D eigenvalue weighted by atomic mass is 79.9. The van der Waals surface area contributed by atoms with Crippen LogP contribution in [0.3, 0.4) is 0 Å². The summed E-state index contributed by atoms with van der Waals surface area (Å²) < 4.78 is 11.2. The number of esters is 1. The van der Waals surface area contributed by atoms with Crippen molar-refractivity contribution in [1.82, 2.24) is 0 Å². The second-order valence-electron chi connectivity index (χ2n) is 5.07. The fourth-order valence-electron chi connectivity index (χ4n) is 1.91. The van der Waals surface area contributed by atoms with Gasteiger partial charge in [0.15, 0.2) is 19.0 Å². The molecule has 0 bridgehead atoms. The Balaban J connectivity index is 1.83. The largest absolute Gasteiger partial charge is 0.481 e. The molecule has 2 aromatic rings. The number of rotatable bonds is 7. The molecule has 0 radical (unpaired) electrons. The monoisotopic (exact) mass is 405 g/mol. The van der Waals surface area contributed by atoms with Crippen LogP contribution in [0.25, 0.3) is 0 Å². The van der Waals surface area contributed by atoms with Gasteiger partial charge in [0.2, 0.25) is 0 Å². The number of carbonyl (C=O) groups is 3. The number of aldehydes is 1. The quantitative estimate of drug-likeness (QED) is 0.564. The van der Waals surface area contributed by atoms with Crippen molar-refractivity contribution in [2.75, 3.05) is 11.9 Å². The Kier molecular flexibility index (Phi) is 6.71. The lowest BCUT2D eigenvalue weighted by molar-refractivity contribution is -0.155. The number of hydrogen-bond donors (Lipinski definition) is 1. The van der Waals surface area contributed by atoms with Gasteiger partial charge in [0, 0.05) is 10.2 Å². The molecule has 0 fully saturated rings. The van der Waals surface area contributed by atoms with Crippen molar-refractivity contribution in [1.29, 1.82) is 0 Å². The van der Waals surface area contributed by atoms with Crippen LogP contribution in [-0.2, 0) is 14.3 Å². The third-order valence-electron chi connectivity index (χ3n) is 3.18. The summed E-state index contributed by atoms with van der Waals surface area (Å²) in [5.41, 5.74) is 0.920. The van der Waals surface area contributed by atoms with Gasteiger partial charge in [-0.2, -0.15) is 0 Å². The van der Waals surface area contributed by atoms with Gasteiger partial charge in [0.25, 0.3) is 5.91 Å². The van der Waals surface area contributed by atoms with Gasteiger partial charge < -0.3 is 14.8 Å². The number of nitrogens with one attached hydrogen (secondary N) is 1. The van der Waals surface area contributed by atoms with E-state index in [1.165, 1.54) is 6.92 Å². The summed E-state index contributed by atoms with van der Waals surface area (Å²) in [6, 6.07) is 13.5. The van der Waals surface area contributed by atoms with Gasteiger partial charge in [0.05, 0.1) is 5.56 Å². The standard InChI is InChI=1S/C18H16BrNO5/c1-12(18(23)20-15-8-6-14(19)7-9-15)25-17(22)11-24-16-5-3-2-4-13(16)10-21/h2-10,12H,11H2,1H3,(H,20,23)/t12-/m1/s1. The number of halogens is 1. The van der Waals surface area contributed by atoms with E-state index >= 15 is 0 Å². The smallest absolute Gasteiger partial charge is 0.344 e. The molecule has 0 spiro atoms. The van der Waals surface area contributed by atoms with Crippen LogP contribution in [0.2, 0.25) is 0 Å². The summed E-state index contributed by atoms with van der Waals surface area (Å²) >= 11 is 3.30. The molecule has 0 saturated heterocycles. The highest BCUT2D eigenvalue weighted by Crippen LogP contribution is 2.16. The summed E-state index contributed by atoms with van der Waals surface area (Å²) in [5.74, 6) is -0.885. The summed E-state index contributed by atoms with van der Waals surface area (Å²) in [6.45, 7) is 1.06. The minimum Gasteiger partial charge on any atom is -0.481 e. The summed E-state index contributed by atoms with van der Waals surface area (Å²) in [5, 5.41) is 2.64.